The minimum absolute atomic E-state index is 0. The highest BCUT2D eigenvalue weighted by Gasteiger charge is 2.20. The molecule has 1 unspecified atom stereocenters. The van der Waals surface area contributed by atoms with Crippen LogP contribution in [-0.2, 0) is 13.0 Å². The maximum Gasteiger partial charge on any atom is 0.191 e. The van der Waals surface area contributed by atoms with Gasteiger partial charge in [0.05, 0.1) is 6.54 Å². The van der Waals surface area contributed by atoms with Gasteiger partial charge in [0.1, 0.15) is 12.2 Å². The van der Waals surface area contributed by atoms with Gasteiger partial charge >= 0.3 is 0 Å². The van der Waals surface area contributed by atoms with Gasteiger partial charge in [-0.15, -0.1) is 24.0 Å². The second-order valence-electron chi connectivity index (χ2n) is 4.58. The summed E-state index contributed by atoms with van der Waals surface area (Å²) in [5.74, 6) is 3.14. The van der Waals surface area contributed by atoms with Crippen molar-refractivity contribution >= 4 is 41.7 Å². The molecule has 0 radical (unpaired) electrons. The number of rotatable bonds is 5. The third-order valence-electron chi connectivity index (χ3n) is 3.19. The van der Waals surface area contributed by atoms with E-state index >= 15 is 0 Å². The smallest absolute Gasteiger partial charge is 0.191 e. The first-order chi connectivity index (χ1) is 9.33. The van der Waals surface area contributed by atoms with Gasteiger partial charge in [0.25, 0.3) is 0 Å². The highest BCUT2D eigenvalue weighted by Crippen LogP contribution is 2.11. The van der Waals surface area contributed by atoms with E-state index in [1.54, 1.807) is 6.33 Å². The summed E-state index contributed by atoms with van der Waals surface area (Å²) in [6.45, 7) is 1.82. The average Bonchev–Trinajstić information content (AvgIpc) is 2.89. The number of thioether (sulfide) groups is 1. The summed E-state index contributed by atoms with van der Waals surface area (Å²) in [5, 5.41) is 11.0. The number of hydrogen-bond acceptors (Lipinski definition) is 4. The summed E-state index contributed by atoms with van der Waals surface area (Å²) in [4.78, 5) is 8.50. The van der Waals surface area contributed by atoms with Crippen molar-refractivity contribution in [2.45, 2.75) is 31.8 Å². The van der Waals surface area contributed by atoms with Crippen LogP contribution < -0.4 is 10.6 Å². The Hall–Kier alpha value is -0.510. The lowest BCUT2D eigenvalue weighted by Gasteiger charge is -2.25. The molecule has 0 fully saturated rings. The van der Waals surface area contributed by atoms with Gasteiger partial charge in [-0.1, -0.05) is 0 Å². The van der Waals surface area contributed by atoms with Crippen molar-refractivity contribution in [1.82, 2.24) is 25.4 Å². The Labute approximate surface area is 141 Å². The number of hydrogen-bond donors (Lipinski definition) is 2. The van der Waals surface area contributed by atoms with Gasteiger partial charge < -0.3 is 10.6 Å². The highest BCUT2D eigenvalue weighted by atomic mass is 127. The minimum atomic E-state index is 0. The van der Waals surface area contributed by atoms with Crippen LogP contribution in [-0.4, -0.2) is 52.4 Å². The largest absolute Gasteiger partial charge is 0.356 e. The van der Waals surface area contributed by atoms with Crippen molar-refractivity contribution in [3.63, 3.8) is 0 Å². The van der Waals surface area contributed by atoms with Crippen molar-refractivity contribution < 1.29 is 0 Å². The van der Waals surface area contributed by atoms with E-state index in [4.69, 9.17) is 0 Å². The van der Waals surface area contributed by atoms with E-state index in [2.05, 4.69) is 32.0 Å². The molecule has 0 aliphatic carbocycles. The molecule has 1 aliphatic rings. The molecule has 0 aromatic carbocycles. The molecule has 1 atom stereocenters. The number of aryl methyl sites for hydroxylation is 1. The number of nitrogens with zero attached hydrogens (tertiary/aromatic N) is 4. The molecular weight excluding hydrogens is 387 g/mol. The molecule has 6 nitrogen and oxygen atoms in total. The Morgan fingerprint density at radius 1 is 1.60 bits per heavy atom. The number of guanidine groups is 1. The van der Waals surface area contributed by atoms with E-state index in [1.807, 2.05) is 23.5 Å². The van der Waals surface area contributed by atoms with Gasteiger partial charge in [0.15, 0.2) is 5.96 Å². The Balaban J connectivity index is 0.00000200. The van der Waals surface area contributed by atoms with Gasteiger partial charge in [-0.05, 0) is 24.9 Å². The molecule has 0 spiro atoms. The molecule has 0 saturated heterocycles. The summed E-state index contributed by atoms with van der Waals surface area (Å²) in [6, 6.07) is 0.376. The predicted molar refractivity (Wildman–Crippen MR) is 95.0 cm³/mol. The fraction of sp³-hybridized carbons (Fsp3) is 0.750. The summed E-state index contributed by atoms with van der Waals surface area (Å²) >= 11 is 1.87. The molecule has 2 rings (SSSR count). The number of aliphatic imine (C=N–C) groups is 1. The number of nitrogens with one attached hydrogen (secondary N) is 2. The minimum Gasteiger partial charge on any atom is -0.356 e. The molecule has 20 heavy (non-hydrogen) atoms. The van der Waals surface area contributed by atoms with E-state index in [1.165, 1.54) is 5.75 Å². The second kappa shape index (κ2) is 9.43. The molecule has 2 N–H and O–H groups in total. The van der Waals surface area contributed by atoms with Crippen molar-refractivity contribution in [1.29, 1.82) is 0 Å². The Kier molecular flexibility index (Phi) is 8.27. The normalized spacial score (nSPS) is 18.1. The van der Waals surface area contributed by atoms with Crippen molar-refractivity contribution in [3.8, 4) is 0 Å². The van der Waals surface area contributed by atoms with Crippen molar-refractivity contribution in [3.05, 3.63) is 12.2 Å². The van der Waals surface area contributed by atoms with Gasteiger partial charge in [0, 0.05) is 26.1 Å². The molecule has 0 saturated carbocycles. The standard InChI is InChI=1S/C12H22N6S.HI/c1-13-12(14-6-3-7-19-2)17-10-4-5-11-15-9-16-18(11)8-10;/h9-10H,3-8H2,1-2H3,(H2,13,14,17);1H. The molecule has 1 aliphatic heterocycles. The van der Waals surface area contributed by atoms with Crippen LogP contribution in [0.3, 0.4) is 0 Å². The summed E-state index contributed by atoms with van der Waals surface area (Å²) in [5.41, 5.74) is 0. The van der Waals surface area contributed by atoms with Crippen LogP contribution in [0.1, 0.15) is 18.7 Å². The summed E-state index contributed by atoms with van der Waals surface area (Å²) < 4.78 is 1.97. The van der Waals surface area contributed by atoms with Gasteiger partial charge in [-0.25, -0.2) is 9.67 Å². The second-order valence-corrected chi connectivity index (χ2v) is 5.57. The maximum absolute atomic E-state index is 4.27. The van der Waals surface area contributed by atoms with Crippen LogP contribution in [0, 0.1) is 0 Å². The molecular formula is C12H23IN6S. The fourth-order valence-corrected chi connectivity index (χ4v) is 2.60. The SMILES string of the molecule is CN=C(NCCCSC)NC1CCc2ncnn2C1.I. The van der Waals surface area contributed by atoms with Gasteiger partial charge in [0.2, 0.25) is 0 Å². The lowest BCUT2D eigenvalue weighted by Crippen LogP contribution is -2.47. The van der Waals surface area contributed by atoms with Crippen molar-refractivity contribution in [2.75, 3.05) is 25.6 Å². The van der Waals surface area contributed by atoms with E-state index in [0.717, 1.165) is 44.1 Å². The fourth-order valence-electron chi connectivity index (χ4n) is 2.17. The van der Waals surface area contributed by atoms with E-state index in [0.29, 0.717) is 6.04 Å². The Bertz CT molecular complexity index is 422. The maximum atomic E-state index is 4.27. The Morgan fingerprint density at radius 3 is 3.20 bits per heavy atom. The molecule has 8 heteroatoms. The summed E-state index contributed by atoms with van der Waals surface area (Å²) in [6.07, 6.45) is 6.96. The number of halogens is 1. The summed E-state index contributed by atoms with van der Waals surface area (Å²) in [7, 11) is 1.81. The zero-order chi connectivity index (χ0) is 13.5. The number of fused-ring (bicyclic) bond motifs is 1. The predicted octanol–water partition coefficient (Wildman–Crippen LogP) is 1.13. The van der Waals surface area contributed by atoms with Crippen LogP contribution >= 0.6 is 35.7 Å². The Morgan fingerprint density at radius 2 is 2.45 bits per heavy atom. The first kappa shape index (κ1) is 17.5. The van der Waals surface area contributed by atoms with E-state index < -0.39 is 0 Å². The molecule has 1 aromatic heterocycles. The van der Waals surface area contributed by atoms with E-state index in [9.17, 15) is 0 Å². The molecule has 114 valence electrons. The number of aromatic nitrogens is 3. The van der Waals surface area contributed by atoms with Crippen LogP contribution in [0.4, 0.5) is 0 Å². The van der Waals surface area contributed by atoms with E-state index in [-0.39, 0.29) is 24.0 Å². The van der Waals surface area contributed by atoms with Crippen LogP contribution in [0.5, 0.6) is 0 Å². The lowest BCUT2D eigenvalue weighted by atomic mass is 10.1. The van der Waals surface area contributed by atoms with Gasteiger partial charge in [-0.2, -0.15) is 16.9 Å². The molecule has 0 bridgehead atoms. The van der Waals surface area contributed by atoms with Crippen LogP contribution in [0.25, 0.3) is 0 Å². The zero-order valence-electron chi connectivity index (χ0n) is 12.0. The molecule has 2 heterocycles. The van der Waals surface area contributed by atoms with Crippen LogP contribution in [0.15, 0.2) is 11.3 Å². The topological polar surface area (TPSA) is 67.1 Å². The lowest BCUT2D eigenvalue weighted by molar-refractivity contribution is 0.393. The average molecular weight is 410 g/mol. The van der Waals surface area contributed by atoms with Crippen LogP contribution in [0.2, 0.25) is 0 Å². The quantitative estimate of drug-likeness (QED) is 0.330. The first-order valence-corrected chi connectivity index (χ1v) is 8.05. The third-order valence-corrected chi connectivity index (χ3v) is 3.88. The first-order valence-electron chi connectivity index (χ1n) is 6.66. The highest BCUT2D eigenvalue weighted by molar-refractivity contribution is 14.0. The van der Waals surface area contributed by atoms with Crippen molar-refractivity contribution in [2.24, 2.45) is 4.99 Å². The van der Waals surface area contributed by atoms with Gasteiger partial charge in [-0.3, -0.25) is 4.99 Å². The molecule has 1 aromatic rings. The zero-order valence-corrected chi connectivity index (χ0v) is 15.1. The third kappa shape index (κ3) is 5.12. The monoisotopic (exact) mass is 410 g/mol. The molecule has 0 amide bonds.